The molecule has 0 aliphatic heterocycles. The molecule has 0 saturated heterocycles. The van der Waals surface area contributed by atoms with E-state index in [9.17, 15) is 4.79 Å². The number of halogens is 1. The second-order valence-electron chi connectivity index (χ2n) is 6.72. The first-order valence-electron chi connectivity index (χ1n) is 9.25. The van der Waals surface area contributed by atoms with Gasteiger partial charge in [-0.2, -0.15) is 5.10 Å². The van der Waals surface area contributed by atoms with Gasteiger partial charge in [0.25, 0.3) is 0 Å². The summed E-state index contributed by atoms with van der Waals surface area (Å²) in [5, 5.41) is 14.1. The summed E-state index contributed by atoms with van der Waals surface area (Å²) in [6.45, 7) is 0.843. The normalized spacial score (nSPS) is 13.4. The lowest BCUT2D eigenvalue weighted by Crippen LogP contribution is -2.33. The Bertz CT molecular complexity index is 747. The number of carbonyl (C=O) groups excluding carboxylic acids is 1. The minimum atomic E-state index is -0.519. The maximum Gasteiger partial charge on any atom is 0.245 e. The van der Waals surface area contributed by atoms with Gasteiger partial charge in [-0.1, -0.05) is 23.7 Å². The second-order valence-corrected chi connectivity index (χ2v) is 7.15. The standard InChI is InChI=1S/C20H28ClN3O5/c1-27-12-16(13-28-2)24-18(8-9-22-24)17(19(29-3)11-20(25)23-26)10-14-4-6-15(21)7-5-14/h4-9,16-17,19,26H,10-13H2,1-3H3,(H,23,25)/t17-,19-/m1/s1. The number of benzene rings is 1. The molecule has 0 saturated carbocycles. The summed E-state index contributed by atoms with van der Waals surface area (Å²) < 4.78 is 18.2. The minimum Gasteiger partial charge on any atom is -0.382 e. The zero-order chi connectivity index (χ0) is 21.2. The summed E-state index contributed by atoms with van der Waals surface area (Å²) >= 11 is 6.01. The highest BCUT2D eigenvalue weighted by Gasteiger charge is 2.30. The fraction of sp³-hybridized carbons (Fsp3) is 0.500. The Morgan fingerprint density at radius 3 is 2.38 bits per heavy atom. The molecular weight excluding hydrogens is 398 g/mol. The van der Waals surface area contributed by atoms with Crippen LogP contribution in [0.2, 0.25) is 5.02 Å². The molecular formula is C20H28ClN3O5. The molecule has 8 nitrogen and oxygen atoms in total. The highest BCUT2D eigenvalue weighted by molar-refractivity contribution is 6.30. The van der Waals surface area contributed by atoms with Gasteiger partial charge in [0.05, 0.1) is 31.8 Å². The van der Waals surface area contributed by atoms with Crippen molar-refractivity contribution in [2.24, 2.45) is 0 Å². The van der Waals surface area contributed by atoms with E-state index in [-0.39, 0.29) is 18.4 Å². The maximum atomic E-state index is 11.9. The van der Waals surface area contributed by atoms with Crippen molar-refractivity contribution in [3.05, 3.63) is 52.8 Å². The van der Waals surface area contributed by atoms with Crippen molar-refractivity contribution in [2.45, 2.75) is 30.9 Å². The highest BCUT2D eigenvalue weighted by Crippen LogP contribution is 2.30. The number of amides is 1. The first-order chi connectivity index (χ1) is 14.0. The van der Waals surface area contributed by atoms with Gasteiger partial charge in [-0.25, -0.2) is 5.48 Å². The van der Waals surface area contributed by atoms with Crippen LogP contribution in [0.5, 0.6) is 0 Å². The highest BCUT2D eigenvalue weighted by atomic mass is 35.5. The average molecular weight is 426 g/mol. The van der Waals surface area contributed by atoms with Crippen LogP contribution in [0.25, 0.3) is 0 Å². The molecule has 1 amide bonds. The van der Waals surface area contributed by atoms with Gasteiger partial charge < -0.3 is 14.2 Å². The van der Waals surface area contributed by atoms with E-state index in [4.69, 9.17) is 31.0 Å². The van der Waals surface area contributed by atoms with E-state index in [0.29, 0.717) is 24.7 Å². The topological polar surface area (TPSA) is 94.8 Å². The Morgan fingerprint density at radius 1 is 1.17 bits per heavy atom. The Kier molecular flexibility index (Phi) is 9.56. The second kappa shape index (κ2) is 11.9. The molecule has 0 fully saturated rings. The van der Waals surface area contributed by atoms with Crippen LogP contribution in [0.4, 0.5) is 0 Å². The summed E-state index contributed by atoms with van der Waals surface area (Å²) in [4.78, 5) is 11.9. The summed E-state index contributed by atoms with van der Waals surface area (Å²) in [5.41, 5.74) is 3.60. The number of nitrogens with zero attached hydrogens (tertiary/aromatic N) is 2. The fourth-order valence-corrected chi connectivity index (χ4v) is 3.54. The molecule has 1 heterocycles. The van der Waals surface area contributed by atoms with Crippen LogP contribution >= 0.6 is 11.6 Å². The van der Waals surface area contributed by atoms with Crippen molar-refractivity contribution < 1.29 is 24.2 Å². The lowest BCUT2D eigenvalue weighted by molar-refractivity contribution is -0.132. The number of carbonyl (C=O) groups is 1. The van der Waals surface area contributed by atoms with Crippen LogP contribution in [0.15, 0.2) is 36.5 Å². The molecule has 0 unspecified atom stereocenters. The predicted molar refractivity (Wildman–Crippen MR) is 108 cm³/mol. The van der Waals surface area contributed by atoms with E-state index in [2.05, 4.69) is 5.10 Å². The number of methoxy groups -OCH3 is 3. The number of hydrogen-bond donors (Lipinski definition) is 2. The lowest BCUT2D eigenvalue weighted by Gasteiger charge is -2.28. The molecule has 0 radical (unpaired) electrons. The van der Waals surface area contributed by atoms with Gasteiger partial charge in [0.2, 0.25) is 5.91 Å². The monoisotopic (exact) mass is 425 g/mol. The molecule has 0 aliphatic rings. The number of rotatable bonds is 12. The van der Waals surface area contributed by atoms with Crippen molar-refractivity contribution in [1.29, 1.82) is 0 Å². The van der Waals surface area contributed by atoms with Crippen LogP contribution in [-0.4, -0.2) is 61.5 Å². The molecule has 2 atom stereocenters. The van der Waals surface area contributed by atoms with Crippen molar-refractivity contribution in [3.8, 4) is 0 Å². The largest absolute Gasteiger partial charge is 0.382 e. The number of ether oxygens (including phenoxy) is 3. The number of nitrogens with one attached hydrogen (secondary N) is 1. The zero-order valence-electron chi connectivity index (χ0n) is 16.9. The first kappa shape index (κ1) is 23.3. The molecule has 0 spiro atoms. The van der Waals surface area contributed by atoms with Gasteiger partial charge in [0.1, 0.15) is 0 Å². The van der Waals surface area contributed by atoms with Crippen molar-refractivity contribution in [1.82, 2.24) is 15.3 Å². The SMILES string of the molecule is COCC(COC)n1nccc1[C@@H](Cc1ccc(Cl)cc1)[C@@H](CC(=O)NO)OC. The summed E-state index contributed by atoms with van der Waals surface area (Å²) in [6, 6.07) is 9.31. The van der Waals surface area contributed by atoms with Gasteiger partial charge in [-0.3, -0.25) is 14.7 Å². The average Bonchev–Trinajstić information content (AvgIpc) is 3.21. The summed E-state index contributed by atoms with van der Waals surface area (Å²) in [5.74, 6) is -0.730. The number of aromatic nitrogens is 2. The third-order valence-electron chi connectivity index (χ3n) is 4.78. The van der Waals surface area contributed by atoms with Gasteiger partial charge >= 0.3 is 0 Å². The van der Waals surface area contributed by atoms with E-state index in [1.807, 2.05) is 35.0 Å². The number of hydroxylamine groups is 1. The van der Waals surface area contributed by atoms with E-state index in [0.717, 1.165) is 11.3 Å². The Balaban J connectivity index is 2.42. The van der Waals surface area contributed by atoms with Gasteiger partial charge in [0, 0.05) is 44.2 Å². The third kappa shape index (κ3) is 6.52. The van der Waals surface area contributed by atoms with E-state index < -0.39 is 12.0 Å². The molecule has 29 heavy (non-hydrogen) atoms. The van der Waals surface area contributed by atoms with Gasteiger partial charge in [-0.15, -0.1) is 0 Å². The predicted octanol–water partition coefficient (Wildman–Crippen LogP) is 2.61. The van der Waals surface area contributed by atoms with Crippen LogP contribution < -0.4 is 5.48 Å². The smallest absolute Gasteiger partial charge is 0.245 e. The van der Waals surface area contributed by atoms with Gasteiger partial charge in [0.15, 0.2) is 0 Å². The quantitative estimate of drug-likeness (QED) is 0.401. The molecule has 160 valence electrons. The Labute approximate surface area is 175 Å². The minimum absolute atomic E-state index is 0.00431. The zero-order valence-corrected chi connectivity index (χ0v) is 17.6. The Hall–Kier alpha value is -1.97. The maximum absolute atomic E-state index is 11.9. The molecule has 2 rings (SSSR count). The van der Waals surface area contributed by atoms with Crippen LogP contribution in [-0.2, 0) is 25.4 Å². The van der Waals surface area contributed by atoms with Crippen molar-refractivity contribution >= 4 is 17.5 Å². The van der Waals surface area contributed by atoms with E-state index >= 15 is 0 Å². The summed E-state index contributed by atoms with van der Waals surface area (Å²) in [6.07, 6.45) is 1.81. The van der Waals surface area contributed by atoms with Crippen LogP contribution in [0.1, 0.15) is 29.6 Å². The molecule has 2 aromatic rings. The molecule has 2 N–H and O–H groups in total. The van der Waals surface area contributed by atoms with Crippen LogP contribution in [0.3, 0.4) is 0 Å². The molecule has 0 bridgehead atoms. The Morgan fingerprint density at radius 2 is 1.83 bits per heavy atom. The van der Waals surface area contributed by atoms with Crippen molar-refractivity contribution in [3.63, 3.8) is 0 Å². The van der Waals surface area contributed by atoms with Gasteiger partial charge in [-0.05, 0) is 30.2 Å². The summed E-state index contributed by atoms with van der Waals surface area (Å²) in [7, 11) is 4.80. The first-order valence-corrected chi connectivity index (χ1v) is 9.63. The molecule has 9 heteroatoms. The van der Waals surface area contributed by atoms with E-state index in [1.165, 1.54) is 0 Å². The molecule has 1 aromatic heterocycles. The van der Waals surface area contributed by atoms with Crippen LogP contribution in [0, 0.1) is 0 Å². The molecule has 0 aliphatic carbocycles. The van der Waals surface area contributed by atoms with Crippen molar-refractivity contribution in [2.75, 3.05) is 34.5 Å². The lowest BCUT2D eigenvalue weighted by atomic mass is 9.88. The number of hydrogen-bond acceptors (Lipinski definition) is 6. The third-order valence-corrected chi connectivity index (χ3v) is 5.03. The van der Waals surface area contributed by atoms with E-state index in [1.54, 1.807) is 33.0 Å². The molecule has 1 aromatic carbocycles. The fourth-order valence-electron chi connectivity index (χ4n) is 3.42.